The Bertz CT molecular complexity index is 670. The summed E-state index contributed by atoms with van der Waals surface area (Å²) in [5.74, 6) is 0.0179. The second kappa shape index (κ2) is 7.04. The van der Waals surface area contributed by atoms with E-state index in [1.54, 1.807) is 30.3 Å². The first-order valence-electron chi connectivity index (χ1n) is 6.35. The predicted octanol–water partition coefficient (Wildman–Crippen LogP) is 3.67. The summed E-state index contributed by atoms with van der Waals surface area (Å²) < 4.78 is 6.22. The summed E-state index contributed by atoms with van der Waals surface area (Å²) in [5.41, 5.74) is 1.14. The molecule has 0 aliphatic carbocycles. The minimum absolute atomic E-state index is 0.100. The Balaban J connectivity index is 1.99. The molecule has 4 nitrogen and oxygen atoms in total. The summed E-state index contributed by atoms with van der Waals surface area (Å²) >= 11 is 3.35. The molecule has 0 bridgehead atoms. The number of halogens is 1. The van der Waals surface area contributed by atoms with Gasteiger partial charge < -0.3 is 10.1 Å². The number of hydrogen-bond acceptors (Lipinski definition) is 3. The Labute approximate surface area is 131 Å². The number of ketones is 1. The molecule has 21 heavy (non-hydrogen) atoms. The van der Waals surface area contributed by atoms with Crippen LogP contribution in [0.25, 0.3) is 0 Å². The van der Waals surface area contributed by atoms with E-state index in [0.29, 0.717) is 17.0 Å². The molecule has 1 N–H and O–H groups in total. The van der Waals surface area contributed by atoms with Gasteiger partial charge in [-0.25, -0.2) is 0 Å². The topological polar surface area (TPSA) is 55.4 Å². The average molecular weight is 348 g/mol. The van der Waals surface area contributed by atoms with E-state index in [1.165, 1.54) is 6.92 Å². The van der Waals surface area contributed by atoms with Crippen molar-refractivity contribution in [3.8, 4) is 5.75 Å². The number of benzene rings is 2. The highest BCUT2D eigenvalue weighted by Crippen LogP contribution is 2.21. The lowest BCUT2D eigenvalue weighted by molar-refractivity contribution is -0.118. The summed E-state index contributed by atoms with van der Waals surface area (Å²) in [6.45, 7) is 1.30. The van der Waals surface area contributed by atoms with Crippen molar-refractivity contribution in [1.29, 1.82) is 0 Å². The number of rotatable bonds is 5. The van der Waals surface area contributed by atoms with Crippen LogP contribution in [0.15, 0.2) is 53.0 Å². The molecule has 0 atom stereocenters. The molecule has 2 aromatic carbocycles. The number of para-hydroxylation sites is 2. The molecule has 0 radical (unpaired) electrons. The molecule has 108 valence electrons. The van der Waals surface area contributed by atoms with Gasteiger partial charge in [0.25, 0.3) is 5.91 Å². The van der Waals surface area contributed by atoms with E-state index in [0.717, 1.165) is 4.47 Å². The number of ether oxygens (including phenoxy) is 1. The van der Waals surface area contributed by atoms with E-state index in [1.807, 2.05) is 18.2 Å². The summed E-state index contributed by atoms with van der Waals surface area (Å²) in [6.07, 6.45) is 0. The van der Waals surface area contributed by atoms with Crippen molar-refractivity contribution in [3.05, 3.63) is 58.6 Å². The molecule has 0 aromatic heterocycles. The molecule has 1 amide bonds. The Kier molecular flexibility index (Phi) is 5.11. The third-order valence-corrected chi connectivity index (χ3v) is 3.46. The van der Waals surface area contributed by atoms with E-state index in [-0.39, 0.29) is 18.3 Å². The van der Waals surface area contributed by atoms with Crippen molar-refractivity contribution < 1.29 is 14.3 Å². The van der Waals surface area contributed by atoms with Crippen molar-refractivity contribution in [3.63, 3.8) is 0 Å². The van der Waals surface area contributed by atoms with Crippen LogP contribution in [0, 0.1) is 0 Å². The highest BCUT2D eigenvalue weighted by Gasteiger charge is 2.10. The maximum absolute atomic E-state index is 11.9. The normalized spacial score (nSPS) is 10.0. The van der Waals surface area contributed by atoms with Gasteiger partial charge in [-0.2, -0.15) is 0 Å². The van der Waals surface area contributed by atoms with Gasteiger partial charge in [0.1, 0.15) is 5.75 Å². The highest BCUT2D eigenvalue weighted by atomic mass is 79.9. The molecule has 0 saturated carbocycles. The molecule has 0 aliphatic rings. The van der Waals surface area contributed by atoms with Crippen molar-refractivity contribution >= 4 is 33.3 Å². The molecular weight excluding hydrogens is 334 g/mol. The maximum atomic E-state index is 11.9. The van der Waals surface area contributed by atoms with Crippen LogP contribution in [0.1, 0.15) is 17.3 Å². The summed E-state index contributed by atoms with van der Waals surface area (Å²) in [4.78, 5) is 23.3. The molecule has 0 aliphatic heterocycles. The molecule has 2 aromatic rings. The van der Waals surface area contributed by atoms with Gasteiger partial charge in [-0.3, -0.25) is 9.59 Å². The molecule has 0 unspecified atom stereocenters. The summed E-state index contributed by atoms with van der Waals surface area (Å²) in [7, 11) is 0. The van der Waals surface area contributed by atoms with Crippen LogP contribution in [0.3, 0.4) is 0 Å². The number of carbonyl (C=O) groups is 2. The van der Waals surface area contributed by atoms with Gasteiger partial charge >= 0.3 is 0 Å². The molecule has 5 heteroatoms. The van der Waals surface area contributed by atoms with Gasteiger partial charge in [-0.05, 0) is 47.1 Å². The summed E-state index contributed by atoms with van der Waals surface area (Å²) in [5, 5.41) is 2.73. The van der Waals surface area contributed by atoms with Gasteiger partial charge in [0.05, 0.1) is 11.3 Å². The van der Waals surface area contributed by atoms with E-state index < -0.39 is 0 Å². The largest absolute Gasteiger partial charge is 0.483 e. The lowest BCUT2D eigenvalue weighted by Gasteiger charge is -2.10. The first-order chi connectivity index (χ1) is 10.1. The van der Waals surface area contributed by atoms with Crippen LogP contribution in [0.4, 0.5) is 5.69 Å². The predicted molar refractivity (Wildman–Crippen MR) is 84.7 cm³/mol. The van der Waals surface area contributed by atoms with Gasteiger partial charge in [-0.1, -0.05) is 24.3 Å². The Morgan fingerprint density at radius 2 is 1.76 bits per heavy atom. The van der Waals surface area contributed by atoms with E-state index in [2.05, 4.69) is 21.2 Å². The molecule has 2 rings (SSSR count). The first kappa shape index (κ1) is 15.3. The monoisotopic (exact) mass is 347 g/mol. The van der Waals surface area contributed by atoms with Crippen LogP contribution in [0.5, 0.6) is 5.75 Å². The Morgan fingerprint density at radius 3 is 2.48 bits per heavy atom. The zero-order chi connectivity index (χ0) is 15.2. The lowest BCUT2D eigenvalue weighted by atomic mass is 10.1. The standard InChI is InChI=1S/C16H14BrNO3/c1-11(19)12-6-2-5-9-15(12)21-10-16(20)18-14-8-4-3-7-13(14)17/h2-9H,10H2,1H3,(H,18,20). The Morgan fingerprint density at radius 1 is 1.10 bits per heavy atom. The molecular formula is C16H14BrNO3. The number of nitrogens with one attached hydrogen (secondary N) is 1. The smallest absolute Gasteiger partial charge is 0.262 e. The second-order valence-corrected chi connectivity index (χ2v) is 5.22. The zero-order valence-electron chi connectivity index (χ0n) is 11.4. The van der Waals surface area contributed by atoms with Gasteiger partial charge in [0, 0.05) is 4.47 Å². The SMILES string of the molecule is CC(=O)c1ccccc1OCC(=O)Nc1ccccc1Br. The third-order valence-electron chi connectivity index (χ3n) is 2.77. The van der Waals surface area contributed by atoms with Crippen LogP contribution in [-0.2, 0) is 4.79 Å². The minimum Gasteiger partial charge on any atom is -0.483 e. The number of Topliss-reactive ketones (excluding diaryl/α,β-unsaturated/α-hetero) is 1. The number of anilines is 1. The third kappa shape index (κ3) is 4.16. The van der Waals surface area contributed by atoms with Crippen LogP contribution < -0.4 is 10.1 Å². The van der Waals surface area contributed by atoms with E-state index in [4.69, 9.17) is 4.74 Å². The Hall–Kier alpha value is -2.14. The van der Waals surface area contributed by atoms with Crippen molar-refractivity contribution in [1.82, 2.24) is 0 Å². The average Bonchev–Trinajstić information content (AvgIpc) is 2.48. The van der Waals surface area contributed by atoms with Gasteiger partial charge in [-0.15, -0.1) is 0 Å². The lowest BCUT2D eigenvalue weighted by Crippen LogP contribution is -2.21. The number of hydrogen-bond donors (Lipinski definition) is 1. The summed E-state index contributed by atoms with van der Waals surface area (Å²) in [6, 6.07) is 14.2. The van der Waals surface area contributed by atoms with Crippen LogP contribution in [0.2, 0.25) is 0 Å². The molecule has 0 fully saturated rings. The number of amides is 1. The van der Waals surface area contributed by atoms with Gasteiger partial charge in [0.15, 0.2) is 12.4 Å². The van der Waals surface area contributed by atoms with E-state index in [9.17, 15) is 9.59 Å². The minimum atomic E-state index is -0.291. The van der Waals surface area contributed by atoms with Crippen molar-refractivity contribution in [2.45, 2.75) is 6.92 Å². The van der Waals surface area contributed by atoms with Crippen LogP contribution >= 0.6 is 15.9 Å². The number of carbonyl (C=O) groups excluding carboxylic acids is 2. The fourth-order valence-corrected chi connectivity index (χ4v) is 2.16. The fourth-order valence-electron chi connectivity index (χ4n) is 1.78. The zero-order valence-corrected chi connectivity index (χ0v) is 13.0. The van der Waals surface area contributed by atoms with Crippen molar-refractivity contribution in [2.75, 3.05) is 11.9 Å². The molecule has 0 saturated heterocycles. The van der Waals surface area contributed by atoms with Crippen LogP contribution in [-0.4, -0.2) is 18.3 Å². The molecule has 0 spiro atoms. The quantitative estimate of drug-likeness (QED) is 0.839. The highest BCUT2D eigenvalue weighted by molar-refractivity contribution is 9.10. The fraction of sp³-hybridized carbons (Fsp3) is 0.125. The van der Waals surface area contributed by atoms with Gasteiger partial charge in [0.2, 0.25) is 0 Å². The second-order valence-electron chi connectivity index (χ2n) is 4.37. The maximum Gasteiger partial charge on any atom is 0.262 e. The first-order valence-corrected chi connectivity index (χ1v) is 7.14. The van der Waals surface area contributed by atoms with Crippen molar-refractivity contribution in [2.24, 2.45) is 0 Å². The van der Waals surface area contributed by atoms with E-state index >= 15 is 0 Å². The molecule has 0 heterocycles.